The molecule has 3 heteroatoms. The summed E-state index contributed by atoms with van der Waals surface area (Å²) in [6.45, 7) is 7.69. The lowest BCUT2D eigenvalue weighted by molar-refractivity contribution is 0.00277. The second kappa shape index (κ2) is 4.63. The Morgan fingerprint density at radius 1 is 1.44 bits per heavy atom. The van der Waals surface area contributed by atoms with Gasteiger partial charge in [0.15, 0.2) is 0 Å². The van der Waals surface area contributed by atoms with Gasteiger partial charge in [0.1, 0.15) is 0 Å². The zero-order valence-electron chi connectivity index (χ0n) is 11.2. The largest absolute Gasteiger partial charge is 0.377 e. The Kier molecular flexibility index (Phi) is 3.57. The minimum Gasteiger partial charge on any atom is -0.377 e. The van der Waals surface area contributed by atoms with Gasteiger partial charge in [0.05, 0.1) is 12.7 Å². The quantitative estimate of drug-likeness (QED) is 0.724. The second-order valence-corrected chi connectivity index (χ2v) is 5.96. The molecular formula is C13H26N2O. The van der Waals surface area contributed by atoms with E-state index in [4.69, 9.17) is 4.74 Å². The number of rotatable bonds is 4. The summed E-state index contributed by atoms with van der Waals surface area (Å²) in [5, 5.41) is 0. The molecule has 94 valence electrons. The van der Waals surface area contributed by atoms with Crippen molar-refractivity contribution in [3.05, 3.63) is 0 Å². The average molecular weight is 226 g/mol. The van der Waals surface area contributed by atoms with E-state index >= 15 is 0 Å². The van der Waals surface area contributed by atoms with Gasteiger partial charge < -0.3 is 9.64 Å². The average Bonchev–Trinajstić information content (AvgIpc) is 2.70. The van der Waals surface area contributed by atoms with Crippen LogP contribution in [0.15, 0.2) is 0 Å². The van der Waals surface area contributed by atoms with Crippen LogP contribution in [0.2, 0.25) is 0 Å². The third-order valence-corrected chi connectivity index (χ3v) is 4.20. The first-order valence-electron chi connectivity index (χ1n) is 6.56. The predicted molar refractivity (Wildman–Crippen MR) is 66.7 cm³/mol. The molecule has 0 N–H and O–H groups in total. The number of hydrogen-bond donors (Lipinski definition) is 0. The van der Waals surface area contributed by atoms with Gasteiger partial charge in [0.25, 0.3) is 0 Å². The van der Waals surface area contributed by atoms with Crippen LogP contribution >= 0.6 is 0 Å². The van der Waals surface area contributed by atoms with E-state index in [0.29, 0.717) is 11.6 Å². The summed E-state index contributed by atoms with van der Waals surface area (Å²) in [4.78, 5) is 5.04. The Hall–Kier alpha value is -0.120. The highest BCUT2D eigenvalue weighted by molar-refractivity contribution is 5.05. The van der Waals surface area contributed by atoms with Crippen LogP contribution in [0, 0.1) is 0 Å². The Balaban J connectivity index is 2.00. The SMILES string of the molecule is CC(C)OCC12CCCN1CC(N(C)C)C2. The van der Waals surface area contributed by atoms with Crippen molar-refractivity contribution in [3.8, 4) is 0 Å². The van der Waals surface area contributed by atoms with Crippen molar-refractivity contribution < 1.29 is 4.74 Å². The molecule has 0 aliphatic carbocycles. The van der Waals surface area contributed by atoms with Gasteiger partial charge in [-0.2, -0.15) is 0 Å². The summed E-state index contributed by atoms with van der Waals surface area (Å²) in [5.41, 5.74) is 0.360. The van der Waals surface area contributed by atoms with Crippen LogP contribution in [0.25, 0.3) is 0 Å². The van der Waals surface area contributed by atoms with Crippen LogP contribution < -0.4 is 0 Å². The molecule has 2 unspecified atom stereocenters. The molecule has 0 amide bonds. The predicted octanol–water partition coefficient (Wildman–Crippen LogP) is 1.58. The van der Waals surface area contributed by atoms with Crippen LogP contribution in [-0.4, -0.2) is 61.3 Å². The molecule has 2 heterocycles. The molecular weight excluding hydrogens is 200 g/mol. The summed E-state index contributed by atoms with van der Waals surface area (Å²) in [6, 6.07) is 0.719. The van der Waals surface area contributed by atoms with Gasteiger partial charge >= 0.3 is 0 Å². The second-order valence-electron chi connectivity index (χ2n) is 5.96. The highest BCUT2D eigenvalue weighted by atomic mass is 16.5. The van der Waals surface area contributed by atoms with Crippen molar-refractivity contribution >= 4 is 0 Å². The van der Waals surface area contributed by atoms with Crippen molar-refractivity contribution in [1.82, 2.24) is 9.80 Å². The molecule has 0 aromatic carbocycles. The molecule has 0 aromatic rings. The molecule has 2 aliphatic rings. The fraction of sp³-hybridized carbons (Fsp3) is 1.00. The van der Waals surface area contributed by atoms with Crippen molar-refractivity contribution in [3.63, 3.8) is 0 Å². The number of ether oxygens (including phenoxy) is 1. The Morgan fingerprint density at radius 3 is 2.81 bits per heavy atom. The van der Waals surface area contributed by atoms with Crippen LogP contribution in [-0.2, 0) is 4.74 Å². The monoisotopic (exact) mass is 226 g/mol. The van der Waals surface area contributed by atoms with Crippen molar-refractivity contribution in [2.24, 2.45) is 0 Å². The van der Waals surface area contributed by atoms with Gasteiger partial charge in [-0.1, -0.05) is 0 Å². The Bertz CT molecular complexity index is 242. The van der Waals surface area contributed by atoms with E-state index in [1.807, 2.05) is 0 Å². The third kappa shape index (κ3) is 2.27. The fourth-order valence-corrected chi connectivity index (χ4v) is 3.16. The molecule has 0 spiro atoms. The molecule has 2 rings (SSSR count). The van der Waals surface area contributed by atoms with Gasteiger partial charge in [-0.15, -0.1) is 0 Å². The van der Waals surface area contributed by atoms with Crippen LogP contribution in [0.1, 0.15) is 33.1 Å². The lowest BCUT2D eigenvalue weighted by Crippen LogP contribution is -2.43. The van der Waals surface area contributed by atoms with Crippen LogP contribution in [0.5, 0.6) is 0 Å². The van der Waals surface area contributed by atoms with Crippen molar-refractivity contribution in [2.75, 3.05) is 33.8 Å². The van der Waals surface area contributed by atoms with Gasteiger partial charge in [-0.25, -0.2) is 0 Å². The van der Waals surface area contributed by atoms with Crippen LogP contribution in [0.3, 0.4) is 0 Å². The van der Waals surface area contributed by atoms with Crippen molar-refractivity contribution in [1.29, 1.82) is 0 Å². The van der Waals surface area contributed by atoms with Crippen LogP contribution in [0.4, 0.5) is 0 Å². The molecule has 2 fully saturated rings. The zero-order valence-corrected chi connectivity index (χ0v) is 11.2. The number of likely N-dealkylation sites (N-methyl/N-ethyl adjacent to an activating group) is 1. The Morgan fingerprint density at radius 2 is 2.19 bits per heavy atom. The van der Waals surface area contributed by atoms with E-state index in [-0.39, 0.29) is 0 Å². The molecule has 2 atom stereocenters. The van der Waals surface area contributed by atoms with E-state index in [1.165, 1.54) is 32.4 Å². The summed E-state index contributed by atoms with van der Waals surface area (Å²) in [6.07, 6.45) is 4.31. The first-order valence-corrected chi connectivity index (χ1v) is 6.56. The van der Waals surface area contributed by atoms with Crippen molar-refractivity contribution in [2.45, 2.75) is 50.8 Å². The van der Waals surface area contributed by atoms with E-state index in [2.05, 4.69) is 37.7 Å². The van der Waals surface area contributed by atoms with E-state index in [1.54, 1.807) is 0 Å². The number of hydrogen-bond acceptors (Lipinski definition) is 3. The van der Waals surface area contributed by atoms with Gasteiger partial charge in [-0.05, 0) is 53.8 Å². The van der Waals surface area contributed by atoms with Gasteiger partial charge in [-0.3, -0.25) is 4.90 Å². The van der Waals surface area contributed by atoms with E-state index in [0.717, 1.165) is 12.6 Å². The topological polar surface area (TPSA) is 15.7 Å². The smallest absolute Gasteiger partial charge is 0.0654 e. The zero-order chi connectivity index (χ0) is 11.8. The molecule has 3 nitrogen and oxygen atoms in total. The molecule has 2 saturated heterocycles. The first kappa shape index (κ1) is 12.3. The first-order chi connectivity index (χ1) is 7.53. The summed E-state index contributed by atoms with van der Waals surface area (Å²) in [7, 11) is 4.40. The standard InChI is InChI=1S/C13H26N2O/c1-11(2)16-10-13-6-5-7-15(13)9-12(8-13)14(3)4/h11-12H,5-10H2,1-4H3. The lowest BCUT2D eigenvalue weighted by Gasteiger charge is -2.32. The molecule has 16 heavy (non-hydrogen) atoms. The summed E-state index contributed by atoms with van der Waals surface area (Å²) < 4.78 is 5.90. The van der Waals surface area contributed by atoms with E-state index < -0.39 is 0 Å². The molecule has 0 aromatic heterocycles. The highest BCUT2D eigenvalue weighted by Crippen LogP contribution is 2.40. The summed E-state index contributed by atoms with van der Waals surface area (Å²) in [5.74, 6) is 0. The summed E-state index contributed by atoms with van der Waals surface area (Å²) >= 11 is 0. The Labute approximate surface area is 99.7 Å². The molecule has 0 bridgehead atoms. The number of nitrogens with zero attached hydrogens (tertiary/aromatic N) is 2. The van der Waals surface area contributed by atoms with E-state index in [9.17, 15) is 0 Å². The fourth-order valence-electron chi connectivity index (χ4n) is 3.16. The number of fused-ring (bicyclic) bond motifs is 1. The molecule has 0 radical (unpaired) electrons. The minimum absolute atomic E-state index is 0.357. The third-order valence-electron chi connectivity index (χ3n) is 4.20. The minimum atomic E-state index is 0.357. The van der Waals surface area contributed by atoms with Gasteiger partial charge in [0.2, 0.25) is 0 Å². The highest BCUT2D eigenvalue weighted by Gasteiger charge is 2.48. The van der Waals surface area contributed by atoms with Gasteiger partial charge in [0, 0.05) is 18.1 Å². The maximum absolute atomic E-state index is 5.90. The maximum atomic E-state index is 5.90. The normalized spacial score (nSPS) is 35.2. The molecule has 0 saturated carbocycles. The maximum Gasteiger partial charge on any atom is 0.0654 e. The lowest BCUT2D eigenvalue weighted by atomic mass is 9.93. The molecule has 2 aliphatic heterocycles.